The largest absolute Gasteiger partial charge is 0.384 e. The zero-order chi connectivity index (χ0) is 30.6. The highest BCUT2D eigenvalue weighted by atomic mass is 16.5. The summed E-state index contributed by atoms with van der Waals surface area (Å²) in [6.07, 6.45) is 2.25. The van der Waals surface area contributed by atoms with E-state index in [1.807, 2.05) is 0 Å². The van der Waals surface area contributed by atoms with E-state index in [-0.39, 0.29) is 11.1 Å². The summed E-state index contributed by atoms with van der Waals surface area (Å²) in [5.41, 5.74) is 17.4. The van der Waals surface area contributed by atoms with Gasteiger partial charge in [0, 0.05) is 76.7 Å². The van der Waals surface area contributed by atoms with Crippen LogP contribution in [0, 0.1) is 0 Å². The Morgan fingerprint density at radius 2 is 1.14 bits per heavy atom. The molecule has 2 fully saturated rings. The average Bonchev–Trinajstić information content (AvgIpc) is 3.34. The molecule has 2 saturated heterocycles. The Morgan fingerprint density at radius 1 is 0.721 bits per heavy atom. The molecule has 0 bridgehead atoms. The summed E-state index contributed by atoms with van der Waals surface area (Å²) in [4.78, 5) is 14.6. The zero-order valence-corrected chi connectivity index (χ0v) is 26.9. The Hall–Kier alpha value is -2.98. The molecule has 0 spiro atoms. The lowest BCUT2D eigenvalue weighted by Gasteiger charge is -2.39. The highest BCUT2D eigenvalue weighted by molar-refractivity contribution is 6.13. The number of aryl methyl sites for hydroxylation is 1. The number of nitrogens with zero attached hydrogens (tertiary/aromatic N) is 5. The third-order valence-electron chi connectivity index (χ3n) is 9.20. The molecule has 0 amide bonds. The zero-order valence-electron chi connectivity index (χ0n) is 26.9. The lowest BCUT2D eigenvalue weighted by Crippen LogP contribution is -2.51. The number of nitrogens with two attached hydrogens (primary N) is 2. The molecular weight excluding hydrogens is 538 g/mol. The van der Waals surface area contributed by atoms with E-state index in [1.165, 1.54) is 11.0 Å². The van der Waals surface area contributed by atoms with Crippen molar-refractivity contribution in [1.82, 2.24) is 14.4 Å². The molecule has 0 atom stereocenters. The number of hydrogen-bond donors (Lipinski definition) is 2. The molecule has 1 aromatic heterocycles. The summed E-state index contributed by atoms with van der Waals surface area (Å²) in [6, 6.07) is 13.0. The number of rotatable bonds is 11. The van der Waals surface area contributed by atoms with Crippen molar-refractivity contribution in [2.45, 2.75) is 65.1 Å². The summed E-state index contributed by atoms with van der Waals surface area (Å²) in [5.74, 6) is 1.14. The number of aliphatic imine (C=N–C) groups is 2. The molecule has 43 heavy (non-hydrogen) atoms. The van der Waals surface area contributed by atoms with Gasteiger partial charge in [-0.3, -0.25) is 19.8 Å². The first kappa shape index (κ1) is 31.4. The van der Waals surface area contributed by atoms with Gasteiger partial charge in [0.2, 0.25) is 0 Å². The first-order chi connectivity index (χ1) is 20.6. The van der Waals surface area contributed by atoms with Crippen LogP contribution in [0.15, 0.2) is 46.4 Å². The standard InChI is InChI=1S/C34H51N7O2/c1-6-7-12-41-29-10-8-25(31(35)37-23-33(2,3)39-13-17-42-18-14-39)21-27(29)28-22-26(9-11-30(28)41)32(36)38-24-34(4,5)40-15-19-43-20-16-40/h8-11,21-22H,6-7,12-20,23-24H2,1-5H3,(H2,35,37)(H2,36,38). The molecular formula is C34H51N7O2. The number of unbranched alkanes of at least 4 members (excludes halogenated alkanes) is 1. The van der Waals surface area contributed by atoms with Crippen LogP contribution < -0.4 is 11.5 Å². The summed E-state index contributed by atoms with van der Waals surface area (Å²) < 4.78 is 13.5. The first-order valence-electron chi connectivity index (χ1n) is 15.9. The van der Waals surface area contributed by atoms with E-state index in [9.17, 15) is 0 Å². The van der Waals surface area contributed by atoms with Crippen molar-refractivity contribution in [2.75, 3.05) is 65.7 Å². The van der Waals surface area contributed by atoms with Gasteiger partial charge in [0.15, 0.2) is 0 Å². The van der Waals surface area contributed by atoms with Crippen LogP contribution in [0.25, 0.3) is 21.8 Å². The van der Waals surface area contributed by atoms with Crippen molar-refractivity contribution < 1.29 is 9.47 Å². The van der Waals surface area contributed by atoms with Crippen LogP contribution in [-0.2, 0) is 16.0 Å². The van der Waals surface area contributed by atoms with E-state index in [2.05, 4.69) is 85.4 Å². The molecule has 0 radical (unpaired) electrons. The molecule has 2 aliphatic heterocycles. The summed E-state index contributed by atoms with van der Waals surface area (Å²) in [7, 11) is 0. The second kappa shape index (κ2) is 13.3. The summed E-state index contributed by atoms with van der Waals surface area (Å²) >= 11 is 0. The smallest absolute Gasteiger partial charge is 0.125 e. The Bertz CT molecular complexity index is 1360. The van der Waals surface area contributed by atoms with Crippen LogP contribution in [0.1, 0.15) is 58.6 Å². The fraction of sp³-hybridized carbons (Fsp3) is 0.588. The van der Waals surface area contributed by atoms with Crippen LogP contribution in [0.2, 0.25) is 0 Å². The number of ether oxygens (including phenoxy) is 2. The van der Waals surface area contributed by atoms with Crippen LogP contribution >= 0.6 is 0 Å². The van der Waals surface area contributed by atoms with Gasteiger partial charge in [-0.1, -0.05) is 13.3 Å². The van der Waals surface area contributed by atoms with Crippen molar-refractivity contribution in [3.63, 3.8) is 0 Å². The third kappa shape index (κ3) is 7.06. The molecule has 9 heteroatoms. The highest BCUT2D eigenvalue weighted by Gasteiger charge is 2.29. The van der Waals surface area contributed by atoms with Crippen molar-refractivity contribution in [2.24, 2.45) is 21.5 Å². The van der Waals surface area contributed by atoms with Gasteiger partial charge in [-0.05, 0) is 70.5 Å². The molecule has 234 valence electrons. The van der Waals surface area contributed by atoms with Crippen molar-refractivity contribution in [3.8, 4) is 0 Å². The maximum absolute atomic E-state index is 6.62. The maximum Gasteiger partial charge on any atom is 0.125 e. The fourth-order valence-electron chi connectivity index (χ4n) is 6.26. The maximum atomic E-state index is 6.62. The van der Waals surface area contributed by atoms with Gasteiger partial charge in [0.25, 0.3) is 0 Å². The van der Waals surface area contributed by atoms with Gasteiger partial charge in [0.05, 0.1) is 39.5 Å². The third-order valence-corrected chi connectivity index (χ3v) is 9.20. The van der Waals surface area contributed by atoms with Crippen LogP contribution in [0.5, 0.6) is 0 Å². The number of hydrogen-bond acceptors (Lipinski definition) is 6. The highest BCUT2D eigenvalue weighted by Crippen LogP contribution is 2.31. The van der Waals surface area contributed by atoms with E-state index in [0.717, 1.165) is 93.9 Å². The lowest BCUT2D eigenvalue weighted by molar-refractivity contribution is -0.00680. The fourth-order valence-corrected chi connectivity index (χ4v) is 6.26. The minimum atomic E-state index is -0.0865. The Labute approximate surface area is 256 Å². The number of amidine groups is 2. The number of morpholine rings is 2. The SMILES string of the molecule is CCCCn1c2ccc(C(N)=NCC(C)(C)N3CCOCC3)cc2c2cc(C(N)=NCC(C)(C)N3CCOCC3)ccc21. The van der Waals surface area contributed by atoms with Gasteiger partial charge in [0.1, 0.15) is 11.7 Å². The molecule has 3 aromatic rings. The first-order valence-corrected chi connectivity index (χ1v) is 15.9. The Morgan fingerprint density at radius 3 is 1.53 bits per heavy atom. The second-order valence-corrected chi connectivity index (χ2v) is 13.2. The average molecular weight is 590 g/mol. The van der Waals surface area contributed by atoms with Crippen molar-refractivity contribution in [3.05, 3.63) is 47.5 Å². The van der Waals surface area contributed by atoms with E-state index in [4.69, 9.17) is 30.9 Å². The minimum Gasteiger partial charge on any atom is -0.384 e. The van der Waals surface area contributed by atoms with Crippen LogP contribution in [0.3, 0.4) is 0 Å². The van der Waals surface area contributed by atoms with Gasteiger partial charge in [-0.25, -0.2) is 0 Å². The molecule has 2 aromatic carbocycles. The second-order valence-electron chi connectivity index (χ2n) is 13.2. The lowest BCUT2D eigenvalue weighted by atomic mass is 10.0. The number of benzene rings is 2. The predicted molar refractivity (Wildman–Crippen MR) is 178 cm³/mol. The monoisotopic (exact) mass is 589 g/mol. The predicted octanol–water partition coefficient (Wildman–Crippen LogP) is 4.23. The number of fused-ring (bicyclic) bond motifs is 3. The van der Waals surface area contributed by atoms with Gasteiger partial charge >= 0.3 is 0 Å². The molecule has 2 aliphatic rings. The van der Waals surface area contributed by atoms with E-state index < -0.39 is 0 Å². The summed E-state index contributed by atoms with van der Waals surface area (Å²) in [6.45, 7) is 20.1. The molecule has 0 saturated carbocycles. The van der Waals surface area contributed by atoms with Crippen LogP contribution in [-0.4, -0.2) is 103 Å². The summed E-state index contributed by atoms with van der Waals surface area (Å²) in [5, 5.41) is 2.33. The molecule has 0 unspecified atom stereocenters. The quantitative estimate of drug-likeness (QED) is 0.256. The molecule has 5 rings (SSSR count). The van der Waals surface area contributed by atoms with Crippen molar-refractivity contribution in [1.29, 1.82) is 0 Å². The normalized spacial score (nSPS) is 18.6. The molecule has 3 heterocycles. The minimum absolute atomic E-state index is 0.0865. The van der Waals surface area contributed by atoms with Crippen LogP contribution in [0.4, 0.5) is 0 Å². The van der Waals surface area contributed by atoms with Gasteiger partial charge in [-0.15, -0.1) is 0 Å². The Balaban J connectivity index is 1.45. The molecule has 0 aliphatic carbocycles. The van der Waals surface area contributed by atoms with E-state index in [0.29, 0.717) is 24.8 Å². The van der Waals surface area contributed by atoms with Gasteiger partial charge < -0.3 is 25.5 Å². The Kier molecular flexibility index (Phi) is 9.76. The number of aromatic nitrogens is 1. The van der Waals surface area contributed by atoms with Gasteiger partial charge in [-0.2, -0.15) is 0 Å². The topological polar surface area (TPSA) is 107 Å². The molecule has 4 N–H and O–H groups in total. The van der Waals surface area contributed by atoms with Crippen molar-refractivity contribution >= 4 is 33.5 Å². The van der Waals surface area contributed by atoms with E-state index in [1.54, 1.807) is 0 Å². The van der Waals surface area contributed by atoms with E-state index >= 15 is 0 Å². The molecule has 9 nitrogen and oxygen atoms in total.